The van der Waals surface area contributed by atoms with Crippen molar-refractivity contribution in [3.8, 4) is 17.2 Å². The number of halogens is 3. The summed E-state index contributed by atoms with van der Waals surface area (Å²) in [6, 6.07) is 8.65. The van der Waals surface area contributed by atoms with Crippen LogP contribution in [0, 0.1) is 0 Å². The molecule has 2 aromatic rings. The molecule has 0 aromatic heterocycles. The summed E-state index contributed by atoms with van der Waals surface area (Å²) in [6.07, 6.45) is -2.96. The molecule has 0 bridgehead atoms. The van der Waals surface area contributed by atoms with Crippen LogP contribution in [0.3, 0.4) is 0 Å². The van der Waals surface area contributed by atoms with Crippen LogP contribution in [0.4, 0.5) is 13.2 Å². The summed E-state index contributed by atoms with van der Waals surface area (Å²) < 4.78 is 55.4. The van der Waals surface area contributed by atoms with Crippen LogP contribution >= 0.6 is 0 Å². The molecule has 0 fully saturated rings. The van der Waals surface area contributed by atoms with E-state index < -0.39 is 29.8 Å². The molecule has 0 radical (unpaired) electrons. The Labute approximate surface area is 193 Å². The van der Waals surface area contributed by atoms with Gasteiger partial charge in [0.2, 0.25) is 0 Å². The van der Waals surface area contributed by atoms with Crippen molar-refractivity contribution in [2.45, 2.75) is 18.7 Å². The van der Waals surface area contributed by atoms with Crippen LogP contribution in [0.25, 0.3) is 0 Å². The molecule has 8 nitrogen and oxygen atoms in total. The van der Waals surface area contributed by atoms with Gasteiger partial charge in [0.25, 0.3) is 0 Å². The number of carbonyl (C=O) groups is 2. The first-order valence-electron chi connectivity index (χ1n) is 9.98. The van der Waals surface area contributed by atoms with Crippen molar-refractivity contribution in [2.24, 2.45) is 0 Å². The first-order valence-corrected chi connectivity index (χ1v) is 9.98. The molecule has 34 heavy (non-hydrogen) atoms. The predicted molar refractivity (Wildman–Crippen MR) is 115 cm³/mol. The molecule has 11 heteroatoms. The Balaban J connectivity index is 0.000000440. The van der Waals surface area contributed by atoms with Crippen LogP contribution in [0.5, 0.6) is 17.2 Å². The highest BCUT2D eigenvalue weighted by molar-refractivity contribution is 5.89. The summed E-state index contributed by atoms with van der Waals surface area (Å²) in [5.41, 5.74) is 1.17. The summed E-state index contributed by atoms with van der Waals surface area (Å²) in [5.74, 6) is -1.16. The number of nitrogens with one attached hydrogen (secondary N) is 1. The second-order valence-electron chi connectivity index (χ2n) is 7.00. The van der Waals surface area contributed by atoms with Gasteiger partial charge in [-0.15, -0.1) is 0 Å². The smallest absolute Gasteiger partial charge is 0.416 e. The fraction of sp³-hybridized carbons (Fsp3) is 0.304. The first-order chi connectivity index (χ1) is 16.0. The standard InChI is InChI=1S/C19H20F3NO3.C4H4O4/c1-24-16-8-12-6-7-23-11-18(15(12)10-17(16)25-2)26-14-5-3-4-13(9-14)19(20,21)22;5-3(6)1-2-4(7)8/h3-5,8-10,18,23H,6-7,11H2,1-2H3;1-2H,(H,5,6)(H,7,8). The lowest BCUT2D eigenvalue weighted by Crippen LogP contribution is -2.23. The van der Waals surface area contributed by atoms with E-state index in [2.05, 4.69) is 5.32 Å². The van der Waals surface area contributed by atoms with Gasteiger partial charge in [-0.25, -0.2) is 9.59 Å². The lowest BCUT2D eigenvalue weighted by Gasteiger charge is -2.22. The molecular formula is C23H24F3NO7. The third-order valence-corrected chi connectivity index (χ3v) is 4.70. The van der Waals surface area contributed by atoms with E-state index in [1.165, 1.54) is 12.1 Å². The van der Waals surface area contributed by atoms with Crippen molar-refractivity contribution >= 4 is 11.9 Å². The van der Waals surface area contributed by atoms with Gasteiger partial charge in [0.1, 0.15) is 11.9 Å². The van der Waals surface area contributed by atoms with Crippen LogP contribution in [0.15, 0.2) is 48.6 Å². The summed E-state index contributed by atoms with van der Waals surface area (Å²) >= 11 is 0. The minimum absolute atomic E-state index is 0.175. The SMILES string of the molecule is COc1cc2c(cc1OC)C(Oc1cccc(C(F)(F)F)c1)CNCC2.O=C(O)C=CC(=O)O. The Kier molecular flexibility index (Phi) is 9.31. The maximum atomic E-state index is 12.9. The lowest BCUT2D eigenvalue weighted by molar-refractivity contribution is -0.137. The van der Waals surface area contributed by atoms with Gasteiger partial charge >= 0.3 is 18.1 Å². The molecule has 3 rings (SSSR count). The molecule has 0 spiro atoms. The minimum atomic E-state index is -4.41. The average molecular weight is 483 g/mol. The number of alkyl halides is 3. The highest BCUT2D eigenvalue weighted by atomic mass is 19.4. The Morgan fingerprint density at radius 2 is 1.65 bits per heavy atom. The molecule has 184 valence electrons. The number of hydrogen-bond acceptors (Lipinski definition) is 6. The van der Waals surface area contributed by atoms with E-state index in [1.807, 2.05) is 12.1 Å². The zero-order chi connectivity index (χ0) is 25.3. The normalized spacial score (nSPS) is 15.4. The van der Waals surface area contributed by atoms with Crippen LogP contribution < -0.4 is 19.5 Å². The number of methoxy groups -OCH3 is 2. The van der Waals surface area contributed by atoms with Gasteiger partial charge in [0, 0.05) is 24.3 Å². The zero-order valence-electron chi connectivity index (χ0n) is 18.4. The van der Waals surface area contributed by atoms with E-state index in [9.17, 15) is 22.8 Å². The van der Waals surface area contributed by atoms with Crippen molar-refractivity contribution in [3.05, 3.63) is 65.2 Å². The molecule has 1 unspecified atom stereocenters. The Morgan fingerprint density at radius 1 is 1.03 bits per heavy atom. The van der Waals surface area contributed by atoms with Gasteiger partial charge in [-0.05, 0) is 48.9 Å². The topological polar surface area (TPSA) is 114 Å². The second kappa shape index (κ2) is 11.9. The third kappa shape index (κ3) is 7.69. The number of carboxylic acids is 2. The molecule has 2 aromatic carbocycles. The van der Waals surface area contributed by atoms with Crippen LogP contribution in [-0.4, -0.2) is 49.5 Å². The molecule has 0 saturated heterocycles. The van der Waals surface area contributed by atoms with Crippen LogP contribution in [0.2, 0.25) is 0 Å². The number of carboxylic acid groups (broad SMARTS) is 2. The van der Waals surface area contributed by atoms with E-state index >= 15 is 0 Å². The molecule has 0 aliphatic carbocycles. The van der Waals surface area contributed by atoms with Gasteiger partial charge in [-0.1, -0.05) is 6.07 Å². The fourth-order valence-electron chi connectivity index (χ4n) is 3.18. The summed E-state index contributed by atoms with van der Waals surface area (Å²) in [4.78, 5) is 19.1. The molecule has 0 saturated carbocycles. The number of benzene rings is 2. The number of hydrogen-bond donors (Lipinski definition) is 3. The van der Waals surface area contributed by atoms with Crippen molar-refractivity contribution in [1.82, 2.24) is 5.32 Å². The van der Waals surface area contributed by atoms with Gasteiger partial charge in [-0.2, -0.15) is 13.2 Å². The van der Waals surface area contributed by atoms with Crippen molar-refractivity contribution in [2.75, 3.05) is 27.3 Å². The van der Waals surface area contributed by atoms with Crippen molar-refractivity contribution < 1.29 is 47.2 Å². The maximum absolute atomic E-state index is 12.9. The first kappa shape index (κ1) is 26.5. The van der Waals surface area contributed by atoms with E-state index in [4.69, 9.17) is 24.4 Å². The van der Waals surface area contributed by atoms with Crippen LogP contribution in [0.1, 0.15) is 22.8 Å². The number of aliphatic carboxylic acids is 2. The van der Waals surface area contributed by atoms with Crippen LogP contribution in [-0.2, 0) is 22.2 Å². The van der Waals surface area contributed by atoms with Crippen molar-refractivity contribution in [1.29, 1.82) is 0 Å². The highest BCUT2D eigenvalue weighted by Crippen LogP contribution is 2.37. The second-order valence-corrected chi connectivity index (χ2v) is 7.00. The summed E-state index contributed by atoms with van der Waals surface area (Å²) in [7, 11) is 3.11. The molecule has 1 atom stereocenters. The monoisotopic (exact) mass is 483 g/mol. The fourth-order valence-corrected chi connectivity index (χ4v) is 3.18. The Morgan fingerprint density at radius 3 is 2.21 bits per heavy atom. The average Bonchev–Trinajstić information content (AvgIpc) is 2.98. The minimum Gasteiger partial charge on any atom is -0.493 e. The van der Waals surface area contributed by atoms with Crippen molar-refractivity contribution in [3.63, 3.8) is 0 Å². The molecule has 1 heterocycles. The van der Waals surface area contributed by atoms with Gasteiger partial charge in [-0.3, -0.25) is 0 Å². The third-order valence-electron chi connectivity index (χ3n) is 4.70. The number of ether oxygens (including phenoxy) is 3. The predicted octanol–water partition coefficient (Wildman–Crippen LogP) is 3.70. The van der Waals surface area contributed by atoms with Gasteiger partial charge < -0.3 is 29.7 Å². The number of fused-ring (bicyclic) bond motifs is 1. The molecule has 1 aliphatic rings. The molecular weight excluding hydrogens is 459 g/mol. The van der Waals surface area contributed by atoms with Gasteiger partial charge in [0.15, 0.2) is 11.5 Å². The van der Waals surface area contributed by atoms with E-state index in [-0.39, 0.29) is 5.75 Å². The van der Waals surface area contributed by atoms with Gasteiger partial charge in [0.05, 0.1) is 19.8 Å². The molecule has 0 amide bonds. The molecule has 1 aliphatic heterocycles. The van der Waals surface area contributed by atoms with E-state index in [0.717, 1.165) is 36.2 Å². The number of rotatable bonds is 6. The van der Waals surface area contributed by atoms with E-state index in [0.29, 0.717) is 30.2 Å². The highest BCUT2D eigenvalue weighted by Gasteiger charge is 2.31. The lowest BCUT2D eigenvalue weighted by atomic mass is 10.00. The summed E-state index contributed by atoms with van der Waals surface area (Å²) in [5, 5.41) is 18.9. The quantitative estimate of drug-likeness (QED) is 0.533. The summed E-state index contributed by atoms with van der Waals surface area (Å²) in [6.45, 7) is 1.23. The Hall–Kier alpha value is -3.73. The maximum Gasteiger partial charge on any atom is 0.416 e. The largest absolute Gasteiger partial charge is 0.493 e. The van der Waals surface area contributed by atoms with E-state index in [1.54, 1.807) is 14.2 Å². The molecule has 3 N–H and O–H groups in total. The Bertz CT molecular complexity index is 1020. The zero-order valence-corrected chi connectivity index (χ0v) is 18.4.